The molecule has 2 fully saturated rings. The number of rotatable bonds is 19. The number of nitrogens with one attached hydrogen (secondary N) is 2. The number of likely N-dealkylation sites (tertiary alicyclic amines) is 1. The molecule has 3 aromatic heterocycles. The molecule has 18 heteroatoms. The van der Waals surface area contributed by atoms with Gasteiger partial charge in [0.15, 0.2) is 0 Å². The number of carbonyl (C=O) groups excluding carboxylic acids is 5. The molecule has 16 nitrogen and oxygen atoms in total. The van der Waals surface area contributed by atoms with Crippen molar-refractivity contribution >= 4 is 65.7 Å². The first-order chi connectivity index (χ1) is 31.7. The molecule has 1 aromatic carbocycles. The van der Waals surface area contributed by atoms with Crippen LogP contribution in [0.5, 0.6) is 0 Å². The normalized spacial score (nSPS) is 15.1. The molecule has 66 heavy (non-hydrogen) atoms. The fourth-order valence-corrected chi connectivity index (χ4v) is 9.15. The molecule has 0 bridgehead atoms. The standard InChI is InChI=1S/C40H54N8O6S.C7H11NO.CH4S/c1-9-47-32-15-14-27(19-29(32)30(21-40(5,6)22-54-24-50)36(47)28-13-12-16-41-34(28)26(4)53-8)38-44-33(45-55-38)20-31(39(52)48-18-11-10-17-42-48)43-37(51)35(25(2)3)46(7)23-49;1-2-7(9)8-5-3-4-6-8;1-2/h12-16,19,23-26,31,35,42H,9-11,17-18,20-22H2,1-8H3,(H,43,51);2H,1,3-6H2;2H,1H3. The van der Waals surface area contributed by atoms with E-state index < -0.39 is 23.4 Å². The molecule has 4 aromatic rings. The van der Waals surface area contributed by atoms with E-state index in [1.54, 1.807) is 31.6 Å². The van der Waals surface area contributed by atoms with Crippen LogP contribution >= 0.6 is 24.2 Å². The number of methoxy groups -OCH3 is 1. The molecule has 3 unspecified atom stereocenters. The Labute approximate surface area is 399 Å². The number of thiol groups is 1. The van der Waals surface area contributed by atoms with Crippen LogP contribution in [0.15, 0.2) is 49.2 Å². The molecule has 2 saturated heterocycles. The Hall–Kier alpha value is -5.17. The predicted molar refractivity (Wildman–Crippen MR) is 263 cm³/mol. The second-order valence-corrected chi connectivity index (χ2v) is 18.2. The lowest BCUT2D eigenvalue weighted by atomic mass is 9.84. The van der Waals surface area contributed by atoms with Crippen LogP contribution in [0.2, 0.25) is 0 Å². The number of carbonyl (C=O) groups is 5. The van der Waals surface area contributed by atoms with E-state index >= 15 is 0 Å². The van der Waals surface area contributed by atoms with Gasteiger partial charge in [-0.1, -0.05) is 34.3 Å². The molecule has 0 saturated carbocycles. The summed E-state index contributed by atoms with van der Waals surface area (Å²) in [6.07, 6.45) is 10.0. The van der Waals surface area contributed by atoms with Gasteiger partial charge in [-0.3, -0.25) is 34.0 Å². The van der Waals surface area contributed by atoms with Gasteiger partial charge in [0.05, 0.1) is 24.1 Å². The molecule has 5 heterocycles. The monoisotopic (exact) mass is 947 g/mol. The van der Waals surface area contributed by atoms with Gasteiger partial charge in [0.1, 0.15) is 22.9 Å². The highest BCUT2D eigenvalue weighted by atomic mass is 32.1. The summed E-state index contributed by atoms with van der Waals surface area (Å²) >= 11 is 4.76. The lowest BCUT2D eigenvalue weighted by Gasteiger charge is -2.33. The summed E-state index contributed by atoms with van der Waals surface area (Å²) in [5.41, 5.74) is 8.56. The van der Waals surface area contributed by atoms with Crippen LogP contribution < -0.4 is 10.7 Å². The fourth-order valence-electron chi connectivity index (χ4n) is 8.46. The molecule has 4 amide bonds. The fraction of sp³-hybridized carbons (Fsp3) is 0.542. The number of amides is 4. The SMILES string of the molecule is C=CC(=O)N1CCCC1.CCn1c(-c2cccnc2C(C)OC)c(CC(C)(C)COC=O)c2cc(-c3nc(CC(NC(=O)C(C(C)C)N(C)C=O)C(=O)N4CCCCN4)ns3)ccc21.CS. The summed E-state index contributed by atoms with van der Waals surface area (Å²) in [4.78, 5) is 73.9. The van der Waals surface area contributed by atoms with Gasteiger partial charge in [-0.15, -0.1) is 0 Å². The van der Waals surface area contributed by atoms with Crippen molar-refractivity contribution in [3.8, 4) is 21.8 Å². The molecular formula is C48H69N9O7S2. The van der Waals surface area contributed by atoms with Crippen LogP contribution in [0, 0.1) is 11.3 Å². The molecule has 0 spiro atoms. The molecule has 2 N–H and O–H groups in total. The van der Waals surface area contributed by atoms with Crippen molar-refractivity contribution in [1.29, 1.82) is 0 Å². The average Bonchev–Trinajstić information content (AvgIpc) is 4.11. The molecule has 0 aliphatic carbocycles. The second-order valence-electron chi connectivity index (χ2n) is 17.4. The maximum Gasteiger partial charge on any atom is 0.293 e. The van der Waals surface area contributed by atoms with Crippen LogP contribution in [-0.2, 0) is 52.8 Å². The number of likely N-dealkylation sites (N-methyl/N-ethyl adjacent to an activating group) is 1. The summed E-state index contributed by atoms with van der Waals surface area (Å²) < 4.78 is 18.0. The topological polar surface area (TPSA) is 181 Å². The molecule has 2 aliphatic heterocycles. The van der Waals surface area contributed by atoms with Gasteiger partial charge in [0, 0.05) is 86.9 Å². The zero-order valence-corrected chi connectivity index (χ0v) is 41.8. The predicted octanol–water partition coefficient (Wildman–Crippen LogP) is 6.30. The number of benzene rings is 1. The zero-order valence-electron chi connectivity index (χ0n) is 40.0. The summed E-state index contributed by atoms with van der Waals surface area (Å²) in [6.45, 7) is 19.8. The Balaban J connectivity index is 0.000000764. The van der Waals surface area contributed by atoms with Gasteiger partial charge >= 0.3 is 0 Å². The maximum atomic E-state index is 13.8. The third-order valence-electron chi connectivity index (χ3n) is 11.7. The zero-order chi connectivity index (χ0) is 48.6. The number of hydrogen-bond acceptors (Lipinski definition) is 13. The Kier molecular flexibility index (Phi) is 20.8. The van der Waals surface area contributed by atoms with E-state index in [-0.39, 0.29) is 36.9 Å². The van der Waals surface area contributed by atoms with Crippen molar-refractivity contribution < 1.29 is 33.4 Å². The summed E-state index contributed by atoms with van der Waals surface area (Å²) in [7, 11) is 3.23. The molecule has 2 aliphatic rings. The van der Waals surface area contributed by atoms with E-state index in [0.29, 0.717) is 49.8 Å². The highest BCUT2D eigenvalue weighted by Crippen LogP contribution is 2.42. The lowest BCUT2D eigenvalue weighted by molar-refractivity contribution is -0.142. The quantitative estimate of drug-likeness (QED) is 0.0546. The lowest BCUT2D eigenvalue weighted by Crippen LogP contribution is -2.59. The van der Waals surface area contributed by atoms with Crippen molar-refractivity contribution in [1.82, 2.24) is 44.5 Å². The Morgan fingerprint density at radius 2 is 1.79 bits per heavy atom. The van der Waals surface area contributed by atoms with Gasteiger partial charge in [-0.2, -0.15) is 17.0 Å². The average molecular weight is 948 g/mol. The maximum absolute atomic E-state index is 13.8. The number of pyridine rings is 1. The van der Waals surface area contributed by atoms with Crippen LogP contribution in [0.25, 0.3) is 32.7 Å². The first-order valence-electron chi connectivity index (χ1n) is 22.6. The summed E-state index contributed by atoms with van der Waals surface area (Å²) in [5.74, 6) is -0.371. The van der Waals surface area contributed by atoms with E-state index in [1.807, 2.05) is 37.8 Å². The summed E-state index contributed by atoms with van der Waals surface area (Å²) in [6, 6.07) is 8.56. The van der Waals surface area contributed by atoms with Crippen molar-refractivity contribution in [2.45, 2.75) is 105 Å². The second kappa shape index (κ2) is 25.7. The minimum atomic E-state index is -0.948. The van der Waals surface area contributed by atoms with Gasteiger partial charge < -0.3 is 29.2 Å². The number of hydrazine groups is 1. The van der Waals surface area contributed by atoms with E-state index in [2.05, 4.69) is 77.9 Å². The highest BCUT2D eigenvalue weighted by molar-refractivity contribution is 7.79. The van der Waals surface area contributed by atoms with Gasteiger partial charge in [0.2, 0.25) is 18.2 Å². The van der Waals surface area contributed by atoms with Crippen molar-refractivity contribution in [2.75, 3.05) is 53.2 Å². The van der Waals surface area contributed by atoms with Crippen molar-refractivity contribution in [3.05, 3.63) is 66.3 Å². The Morgan fingerprint density at radius 3 is 2.39 bits per heavy atom. The number of fused-ring (bicyclic) bond motifs is 1. The van der Waals surface area contributed by atoms with Gasteiger partial charge in [-0.25, -0.2) is 10.4 Å². The third kappa shape index (κ3) is 13.5. The number of aryl methyl sites for hydroxylation is 1. The number of ether oxygens (including phenoxy) is 2. The number of nitrogens with zero attached hydrogens (tertiary/aromatic N) is 7. The molecule has 6 rings (SSSR count). The molecule has 360 valence electrons. The smallest absolute Gasteiger partial charge is 0.293 e. The van der Waals surface area contributed by atoms with Crippen molar-refractivity contribution in [2.24, 2.45) is 11.3 Å². The molecule has 0 radical (unpaired) electrons. The Bertz CT molecular complexity index is 2250. The van der Waals surface area contributed by atoms with Gasteiger partial charge in [0.25, 0.3) is 12.4 Å². The molecule has 3 atom stereocenters. The minimum absolute atomic E-state index is 0.0745. The van der Waals surface area contributed by atoms with Gasteiger partial charge in [-0.05, 0) is 112 Å². The summed E-state index contributed by atoms with van der Waals surface area (Å²) in [5, 5.41) is 6.18. The number of aromatic nitrogens is 4. The third-order valence-corrected chi connectivity index (χ3v) is 12.5. The molecular weight excluding hydrogens is 879 g/mol. The van der Waals surface area contributed by atoms with E-state index in [9.17, 15) is 24.0 Å². The Morgan fingerprint density at radius 1 is 1.08 bits per heavy atom. The highest BCUT2D eigenvalue weighted by Gasteiger charge is 2.34. The largest absolute Gasteiger partial charge is 0.467 e. The number of hydrogen-bond donors (Lipinski definition) is 3. The van der Waals surface area contributed by atoms with Crippen molar-refractivity contribution in [3.63, 3.8) is 0 Å². The first kappa shape index (κ1) is 53.4. The van der Waals surface area contributed by atoms with Crippen LogP contribution in [0.3, 0.4) is 0 Å². The van der Waals surface area contributed by atoms with Crippen LogP contribution in [0.1, 0.15) is 90.4 Å². The van der Waals surface area contributed by atoms with Crippen LogP contribution in [0.4, 0.5) is 0 Å². The first-order valence-corrected chi connectivity index (χ1v) is 24.2. The van der Waals surface area contributed by atoms with Crippen LogP contribution in [-0.4, -0.2) is 130 Å². The van der Waals surface area contributed by atoms with E-state index in [0.717, 1.165) is 77.8 Å². The minimum Gasteiger partial charge on any atom is -0.467 e. The van der Waals surface area contributed by atoms with E-state index in [1.165, 1.54) is 22.5 Å². The van der Waals surface area contributed by atoms with E-state index in [4.69, 9.17) is 19.4 Å².